The van der Waals surface area contributed by atoms with E-state index < -0.39 is 12.0 Å². The highest BCUT2D eigenvalue weighted by Crippen LogP contribution is 2.28. The number of rotatable bonds is 4. The van der Waals surface area contributed by atoms with Crippen LogP contribution in [0.3, 0.4) is 0 Å². The number of nitrogens with one attached hydrogen (secondary N) is 1. The molecule has 3 aromatic rings. The SMILES string of the molecule is FC(F)(F)c1nccc(NCc2scnc2-c2ccccc2)n1. The van der Waals surface area contributed by atoms with Crippen molar-refractivity contribution in [1.29, 1.82) is 0 Å². The quantitative estimate of drug-likeness (QED) is 0.774. The molecule has 0 aliphatic carbocycles. The zero-order valence-electron chi connectivity index (χ0n) is 11.7. The van der Waals surface area contributed by atoms with Crippen molar-refractivity contribution in [3.63, 3.8) is 0 Å². The van der Waals surface area contributed by atoms with E-state index in [1.807, 2.05) is 30.3 Å². The third-order valence-corrected chi connectivity index (χ3v) is 3.86. The van der Waals surface area contributed by atoms with Crippen molar-refractivity contribution in [2.75, 3.05) is 5.32 Å². The van der Waals surface area contributed by atoms with Gasteiger partial charge in [-0.25, -0.2) is 15.0 Å². The van der Waals surface area contributed by atoms with Crippen LogP contribution >= 0.6 is 11.3 Å². The zero-order valence-corrected chi connectivity index (χ0v) is 12.5. The van der Waals surface area contributed by atoms with Gasteiger partial charge in [-0.05, 0) is 6.07 Å². The van der Waals surface area contributed by atoms with E-state index in [1.54, 1.807) is 5.51 Å². The highest BCUT2D eigenvalue weighted by atomic mass is 32.1. The zero-order chi connectivity index (χ0) is 16.3. The normalized spacial score (nSPS) is 11.4. The van der Waals surface area contributed by atoms with Crippen molar-refractivity contribution >= 4 is 17.2 Å². The third kappa shape index (κ3) is 3.65. The third-order valence-electron chi connectivity index (χ3n) is 3.03. The molecular formula is C15H11F3N4S. The number of benzene rings is 1. The number of hydrogen-bond acceptors (Lipinski definition) is 5. The Balaban J connectivity index is 1.77. The minimum Gasteiger partial charge on any atom is -0.365 e. The van der Waals surface area contributed by atoms with Gasteiger partial charge in [0.05, 0.1) is 22.6 Å². The highest BCUT2D eigenvalue weighted by Gasteiger charge is 2.34. The summed E-state index contributed by atoms with van der Waals surface area (Å²) in [7, 11) is 0. The first-order chi connectivity index (χ1) is 11.0. The molecular weight excluding hydrogens is 325 g/mol. The number of aromatic nitrogens is 3. The Morgan fingerprint density at radius 1 is 1.04 bits per heavy atom. The number of nitrogens with zero attached hydrogens (tertiary/aromatic N) is 3. The van der Waals surface area contributed by atoms with E-state index in [0.29, 0.717) is 6.54 Å². The Bertz CT molecular complexity index is 787. The Morgan fingerprint density at radius 2 is 1.83 bits per heavy atom. The molecule has 3 rings (SSSR count). The summed E-state index contributed by atoms with van der Waals surface area (Å²) in [5.74, 6) is -1.03. The molecule has 0 spiro atoms. The fourth-order valence-corrected chi connectivity index (χ4v) is 2.72. The van der Waals surface area contributed by atoms with E-state index in [0.717, 1.165) is 22.3 Å². The van der Waals surface area contributed by atoms with Crippen molar-refractivity contribution in [3.05, 3.63) is 58.8 Å². The summed E-state index contributed by atoms with van der Waals surface area (Å²) in [6, 6.07) is 11.0. The number of thiazole rings is 1. The second-order valence-corrected chi connectivity index (χ2v) is 5.55. The Kier molecular flexibility index (Phi) is 4.24. The van der Waals surface area contributed by atoms with Crippen LogP contribution in [0.5, 0.6) is 0 Å². The molecule has 2 heterocycles. The topological polar surface area (TPSA) is 50.7 Å². The van der Waals surface area contributed by atoms with Crippen molar-refractivity contribution in [2.24, 2.45) is 0 Å². The predicted molar refractivity (Wildman–Crippen MR) is 81.9 cm³/mol. The van der Waals surface area contributed by atoms with Crippen molar-refractivity contribution < 1.29 is 13.2 Å². The molecule has 0 bridgehead atoms. The van der Waals surface area contributed by atoms with E-state index in [4.69, 9.17) is 0 Å². The van der Waals surface area contributed by atoms with E-state index >= 15 is 0 Å². The maximum atomic E-state index is 12.6. The minimum absolute atomic E-state index is 0.125. The summed E-state index contributed by atoms with van der Waals surface area (Å²) in [5, 5.41) is 2.89. The monoisotopic (exact) mass is 336 g/mol. The average Bonchev–Trinajstić information content (AvgIpc) is 3.02. The van der Waals surface area contributed by atoms with E-state index in [2.05, 4.69) is 20.3 Å². The summed E-state index contributed by atoms with van der Waals surface area (Å²) < 4.78 is 37.8. The summed E-state index contributed by atoms with van der Waals surface area (Å²) in [4.78, 5) is 12.0. The lowest BCUT2D eigenvalue weighted by Crippen LogP contribution is -2.12. The van der Waals surface area contributed by atoms with Crippen LogP contribution in [-0.2, 0) is 12.7 Å². The van der Waals surface area contributed by atoms with Crippen LogP contribution in [0.15, 0.2) is 48.1 Å². The molecule has 1 aromatic carbocycles. The molecule has 8 heteroatoms. The highest BCUT2D eigenvalue weighted by molar-refractivity contribution is 7.10. The minimum atomic E-state index is -4.56. The Morgan fingerprint density at radius 3 is 2.57 bits per heavy atom. The Hall–Kier alpha value is -2.48. The van der Waals surface area contributed by atoms with E-state index in [1.165, 1.54) is 17.4 Å². The molecule has 1 N–H and O–H groups in total. The van der Waals surface area contributed by atoms with Crippen molar-refractivity contribution in [3.8, 4) is 11.3 Å². The lowest BCUT2D eigenvalue weighted by atomic mass is 10.1. The van der Waals surface area contributed by atoms with E-state index in [9.17, 15) is 13.2 Å². The number of halogens is 3. The van der Waals surface area contributed by atoms with Crippen LogP contribution in [0.2, 0.25) is 0 Å². The molecule has 23 heavy (non-hydrogen) atoms. The molecule has 0 radical (unpaired) electrons. The largest absolute Gasteiger partial charge is 0.451 e. The maximum Gasteiger partial charge on any atom is 0.451 e. The van der Waals surface area contributed by atoms with Crippen LogP contribution in [-0.4, -0.2) is 15.0 Å². The van der Waals surface area contributed by atoms with Gasteiger partial charge in [-0.1, -0.05) is 30.3 Å². The fraction of sp³-hybridized carbons (Fsp3) is 0.133. The van der Waals surface area contributed by atoms with Gasteiger partial charge >= 0.3 is 6.18 Å². The van der Waals surface area contributed by atoms with Crippen LogP contribution in [0, 0.1) is 0 Å². The van der Waals surface area contributed by atoms with Gasteiger partial charge in [-0.3, -0.25) is 0 Å². The standard InChI is InChI=1S/C15H11F3N4S/c16-15(17,18)14-19-7-6-12(22-14)20-8-11-13(21-9-23-11)10-4-2-1-3-5-10/h1-7,9H,8H2,(H,19,20,22). The second kappa shape index (κ2) is 6.33. The van der Waals surface area contributed by atoms with Gasteiger partial charge in [0.15, 0.2) is 0 Å². The smallest absolute Gasteiger partial charge is 0.365 e. The summed E-state index contributed by atoms with van der Waals surface area (Å²) in [6.45, 7) is 0.337. The number of hydrogen-bond donors (Lipinski definition) is 1. The van der Waals surface area contributed by atoms with Crippen LogP contribution in [0.1, 0.15) is 10.7 Å². The van der Waals surface area contributed by atoms with Crippen LogP contribution in [0.25, 0.3) is 11.3 Å². The summed E-state index contributed by atoms with van der Waals surface area (Å²) in [6.07, 6.45) is -3.47. The first kappa shape index (κ1) is 15.4. The second-order valence-electron chi connectivity index (χ2n) is 4.61. The molecule has 0 amide bonds. The van der Waals surface area contributed by atoms with Crippen molar-refractivity contribution in [1.82, 2.24) is 15.0 Å². The molecule has 0 aliphatic rings. The van der Waals surface area contributed by atoms with Gasteiger partial charge in [0.1, 0.15) is 5.82 Å². The van der Waals surface area contributed by atoms with Gasteiger partial charge in [0, 0.05) is 11.8 Å². The lowest BCUT2D eigenvalue weighted by molar-refractivity contribution is -0.144. The molecule has 0 fully saturated rings. The van der Waals surface area contributed by atoms with Gasteiger partial charge in [-0.15, -0.1) is 11.3 Å². The number of anilines is 1. The molecule has 0 atom stereocenters. The van der Waals surface area contributed by atoms with Gasteiger partial charge in [-0.2, -0.15) is 13.2 Å². The van der Waals surface area contributed by atoms with Gasteiger partial charge in [0.2, 0.25) is 5.82 Å². The molecule has 0 saturated carbocycles. The molecule has 118 valence electrons. The fourth-order valence-electron chi connectivity index (χ4n) is 1.99. The Labute approximate surface area is 134 Å². The van der Waals surface area contributed by atoms with Crippen LogP contribution < -0.4 is 5.32 Å². The van der Waals surface area contributed by atoms with Crippen molar-refractivity contribution in [2.45, 2.75) is 12.7 Å². The maximum absolute atomic E-state index is 12.6. The first-order valence-electron chi connectivity index (χ1n) is 6.66. The number of alkyl halides is 3. The summed E-state index contributed by atoms with van der Waals surface area (Å²) >= 11 is 1.43. The molecule has 4 nitrogen and oxygen atoms in total. The first-order valence-corrected chi connectivity index (χ1v) is 7.54. The predicted octanol–water partition coefficient (Wildman–Crippen LogP) is 4.23. The van der Waals surface area contributed by atoms with E-state index in [-0.39, 0.29) is 5.82 Å². The van der Waals surface area contributed by atoms with Crippen LogP contribution in [0.4, 0.5) is 19.0 Å². The molecule has 0 aliphatic heterocycles. The van der Waals surface area contributed by atoms with Gasteiger partial charge < -0.3 is 5.32 Å². The molecule has 0 saturated heterocycles. The molecule has 2 aromatic heterocycles. The molecule has 0 unspecified atom stereocenters. The van der Waals surface area contributed by atoms with Gasteiger partial charge in [0.25, 0.3) is 0 Å². The lowest BCUT2D eigenvalue weighted by Gasteiger charge is -2.08. The summed E-state index contributed by atoms with van der Waals surface area (Å²) in [5.41, 5.74) is 3.48. The average molecular weight is 336 g/mol.